The molecule has 0 radical (unpaired) electrons. The van der Waals surface area contributed by atoms with Gasteiger partial charge in [-0.15, -0.1) is 0 Å². The van der Waals surface area contributed by atoms with Crippen molar-refractivity contribution in [2.45, 2.75) is 0 Å². The van der Waals surface area contributed by atoms with Crippen LogP contribution in [0.25, 0.3) is 121 Å². The highest BCUT2D eigenvalue weighted by Crippen LogP contribution is 2.42. The van der Waals surface area contributed by atoms with Crippen LogP contribution < -0.4 is 0 Å². The molecule has 0 aliphatic heterocycles. The lowest BCUT2D eigenvalue weighted by Crippen LogP contribution is -1.94. The molecule has 0 bridgehead atoms. The first-order chi connectivity index (χ1) is 30.8. The van der Waals surface area contributed by atoms with Gasteiger partial charge in [0.1, 0.15) is 22.3 Å². The number of para-hydroxylation sites is 3. The van der Waals surface area contributed by atoms with Crippen LogP contribution in [0.3, 0.4) is 0 Å². The highest BCUT2D eigenvalue weighted by atomic mass is 16.3. The van der Waals surface area contributed by atoms with Crippen LogP contribution in [-0.4, -0.2) is 9.13 Å². The minimum absolute atomic E-state index is 0.149. The predicted octanol–water partition coefficient (Wildman–Crippen LogP) is 15.0. The second-order valence-corrected chi connectivity index (χ2v) is 14.9. The molecule has 0 aliphatic rings. The Morgan fingerprint density at radius 2 is 0.931 bits per heavy atom. The maximum atomic E-state index is 8.77. The van der Waals surface area contributed by atoms with E-state index in [2.05, 4.69) is 124 Å². The van der Waals surface area contributed by atoms with Crippen LogP contribution >= 0.6 is 0 Å². The summed E-state index contributed by atoms with van der Waals surface area (Å²) in [5, 5.41) is 8.24. The van der Waals surface area contributed by atoms with Gasteiger partial charge in [-0.25, -0.2) is 0 Å². The molecule has 13 aromatic rings. The zero-order valence-electron chi connectivity index (χ0n) is 35.8. The van der Waals surface area contributed by atoms with Crippen molar-refractivity contribution in [3.63, 3.8) is 0 Å². The fourth-order valence-corrected chi connectivity index (χ4v) is 9.33. The van der Waals surface area contributed by atoms with Crippen molar-refractivity contribution in [2.24, 2.45) is 0 Å². The van der Waals surface area contributed by atoms with Gasteiger partial charge >= 0.3 is 0 Å². The molecule has 0 unspecified atom stereocenters. The summed E-state index contributed by atoms with van der Waals surface area (Å²) in [5.41, 5.74) is 12.2. The van der Waals surface area contributed by atoms with Crippen molar-refractivity contribution >= 4 is 87.5 Å². The molecule has 0 atom stereocenters. The summed E-state index contributed by atoms with van der Waals surface area (Å²) < 4.78 is 59.7. The summed E-state index contributed by atoms with van der Waals surface area (Å²) >= 11 is 0. The Balaban J connectivity index is 0.984. The molecule has 13 rings (SSSR count). The third-order valence-electron chi connectivity index (χ3n) is 11.8. The standard InChI is InChI=1S/C54H32N2O2/c1-2-12-33(13-3-1)37-17-10-22-51-53(37)43-32-36(26-29-50(43)58-51)55-44-18-7-4-14-38(44)41-30-34(24-27-46(41)55)35-25-28-47-42(31-35)39-15-5-8-19-45(39)56(47)48-20-11-23-52-54(48)40-16-6-9-21-49(40)57-52/h1-32H/i1D,2D,3D,12D,13D. The maximum absolute atomic E-state index is 8.77. The maximum Gasteiger partial charge on any atom is 0.137 e. The van der Waals surface area contributed by atoms with E-state index in [1.54, 1.807) is 12.1 Å². The van der Waals surface area contributed by atoms with Crippen LogP contribution in [0.15, 0.2) is 203 Å². The summed E-state index contributed by atoms with van der Waals surface area (Å²) in [7, 11) is 0. The summed E-state index contributed by atoms with van der Waals surface area (Å²) in [6, 6.07) is 54.9. The van der Waals surface area contributed by atoms with E-state index >= 15 is 0 Å². The number of furan rings is 2. The van der Waals surface area contributed by atoms with E-state index in [1.165, 1.54) is 10.8 Å². The Labute approximate surface area is 339 Å². The molecule has 0 amide bonds. The van der Waals surface area contributed by atoms with Gasteiger partial charge in [0.2, 0.25) is 0 Å². The number of fused-ring (bicyclic) bond motifs is 12. The van der Waals surface area contributed by atoms with E-state index < -0.39 is 6.04 Å². The lowest BCUT2D eigenvalue weighted by Gasteiger charge is -2.10. The van der Waals surface area contributed by atoms with E-state index in [1.807, 2.05) is 36.4 Å². The first-order valence-electron chi connectivity index (χ1n) is 21.8. The second kappa shape index (κ2) is 11.8. The highest BCUT2D eigenvalue weighted by molar-refractivity contribution is 6.17. The Hall–Kier alpha value is -7.82. The number of hydrogen-bond donors (Lipinski definition) is 0. The number of rotatable bonds is 4. The fraction of sp³-hybridized carbons (Fsp3) is 0. The van der Waals surface area contributed by atoms with Gasteiger partial charge in [-0.2, -0.15) is 0 Å². The molecule has 0 aliphatic carbocycles. The Bertz CT molecular complexity index is 4090. The topological polar surface area (TPSA) is 36.1 Å². The Morgan fingerprint density at radius 1 is 0.362 bits per heavy atom. The lowest BCUT2D eigenvalue weighted by molar-refractivity contribution is 0.668. The first-order valence-corrected chi connectivity index (χ1v) is 19.3. The molecule has 0 saturated heterocycles. The third-order valence-corrected chi connectivity index (χ3v) is 11.8. The van der Waals surface area contributed by atoms with Gasteiger partial charge < -0.3 is 18.0 Å². The molecule has 4 aromatic heterocycles. The number of aromatic nitrogens is 2. The minimum Gasteiger partial charge on any atom is -0.456 e. The molecule has 4 heteroatoms. The van der Waals surface area contributed by atoms with E-state index in [4.69, 9.17) is 15.7 Å². The van der Waals surface area contributed by atoms with Gasteiger partial charge in [-0.3, -0.25) is 0 Å². The fourth-order valence-electron chi connectivity index (χ4n) is 9.33. The second-order valence-electron chi connectivity index (χ2n) is 14.9. The molecule has 4 heterocycles. The Kier molecular flexibility index (Phi) is 5.49. The lowest BCUT2D eigenvalue weighted by atomic mass is 9.99. The molecule has 9 aromatic carbocycles. The van der Waals surface area contributed by atoms with Gasteiger partial charge in [0.25, 0.3) is 0 Å². The highest BCUT2D eigenvalue weighted by Gasteiger charge is 2.20. The van der Waals surface area contributed by atoms with Crippen molar-refractivity contribution in [1.82, 2.24) is 9.13 Å². The van der Waals surface area contributed by atoms with E-state index in [0.717, 1.165) is 82.7 Å². The van der Waals surface area contributed by atoms with Crippen LogP contribution in [-0.2, 0) is 0 Å². The van der Waals surface area contributed by atoms with Gasteiger partial charge in [-0.1, -0.05) is 115 Å². The van der Waals surface area contributed by atoms with Gasteiger partial charge in [0.05, 0.1) is 40.0 Å². The summed E-state index contributed by atoms with van der Waals surface area (Å²) in [5.74, 6) is 0. The van der Waals surface area contributed by atoms with Crippen molar-refractivity contribution in [1.29, 1.82) is 0 Å². The van der Waals surface area contributed by atoms with Crippen LogP contribution in [0.5, 0.6) is 0 Å². The molecule has 0 N–H and O–H groups in total. The zero-order valence-corrected chi connectivity index (χ0v) is 30.8. The number of nitrogens with zero attached hydrogens (tertiary/aromatic N) is 2. The quantitative estimate of drug-likeness (QED) is 0.180. The smallest absolute Gasteiger partial charge is 0.137 e. The molecule has 270 valence electrons. The van der Waals surface area contributed by atoms with Gasteiger partial charge in [0, 0.05) is 43.4 Å². The normalized spacial score (nSPS) is 13.3. The van der Waals surface area contributed by atoms with Crippen LogP contribution in [0.4, 0.5) is 0 Å². The summed E-state index contributed by atoms with van der Waals surface area (Å²) in [4.78, 5) is 0. The average molecular weight is 746 g/mol. The van der Waals surface area contributed by atoms with E-state index in [-0.39, 0.29) is 29.7 Å². The van der Waals surface area contributed by atoms with Gasteiger partial charge in [0.15, 0.2) is 0 Å². The van der Waals surface area contributed by atoms with Crippen LogP contribution in [0, 0.1) is 0 Å². The molecule has 0 fully saturated rings. The molecule has 0 spiro atoms. The summed E-state index contributed by atoms with van der Waals surface area (Å²) in [6.45, 7) is 0. The largest absolute Gasteiger partial charge is 0.456 e. The van der Waals surface area contributed by atoms with E-state index in [9.17, 15) is 0 Å². The molecular weight excluding hydrogens is 709 g/mol. The predicted molar refractivity (Wildman–Crippen MR) is 241 cm³/mol. The van der Waals surface area contributed by atoms with Crippen molar-refractivity contribution in [2.75, 3.05) is 0 Å². The average Bonchev–Trinajstić information content (AvgIpc) is 4.07. The van der Waals surface area contributed by atoms with Gasteiger partial charge in [-0.05, 0) is 101 Å². The summed E-state index contributed by atoms with van der Waals surface area (Å²) in [6.07, 6.45) is 0. The zero-order chi connectivity index (χ0) is 42.2. The van der Waals surface area contributed by atoms with Crippen molar-refractivity contribution < 1.29 is 15.7 Å². The monoisotopic (exact) mass is 745 g/mol. The molecular formula is C54H32N2O2. The Morgan fingerprint density at radius 3 is 1.67 bits per heavy atom. The molecule has 4 nitrogen and oxygen atoms in total. The number of benzene rings is 9. The minimum atomic E-state index is -0.420. The van der Waals surface area contributed by atoms with E-state index in [0.29, 0.717) is 22.1 Å². The van der Waals surface area contributed by atoms with Crippen molar-refractivity contribution in [3.8, 4) is 33.6 Å². The molecule has 0 saturated carbocycles. The van der Waals surface area contributed by atoms with Crippen LogP contribution in [0.1, 0.15) is 6.85 Å². The third kappa shape index (κ3) is 4.40. The van der Waals surface area contributed by atoms with Crippen LogP contribution in [0.2, 0.25) is 0 Å². The van der Waals surface area contributed by atoms with Crippen molar-refractivity contribution in [3.05, 3.63) is 194 Å². The SMILES string of the molecule is [2H]c1c([2H])c([2H])c(-c2cccc3oc4ccc(-n5c6ccccc6c6cc(-c7ccc8c(c7)c7ccccc7n8-c7cccc8oc9ccccc9c78)ccc65)cc4c23)c([2H])c1[2H]. The number of hydrogen-bond acceptors (Lipinski definition) is 2. The molecule has 58 heavy (non-hydrogen) atoms. The first kappa shape index (κ1) is 26.9.